The Bertz CT molecular complexity index is 576. The third kappa shape index (κ3) is 3.14. The monoisotopic (exact) mass is 278 g/mol. The minimum atomic E-state index is -0.875. The number of benzene rings is 1. The molecule has 2 rings (SSSR count). The van der Waals surface area contributed by atoms with Gasteiger partial charge in [0.2, 0.25) is 0 Å². The van der Waals surface area contributed by atoms with E-state index in [2.05, 4.69) is 9.97 Å². The highest BCUT2D eigenvalue weighted by atomic mass is 32.2. The van der Waals surface area contributed by atoms with Crippen LogP contribution in [-0.2, 0) is 14.3 Å². The first-order valence-electron chi connectivity index (χ1n) is 5.90. The normalized spacial score (nSPS) is 12.3. The summed E-state index contributed by atoms with van der Waals surface area (Å²) in [5, 5.41) is -0.338. The number of carbonyl (C=O) groups is 2. The van der Waals surface area contributed by atoms with Crippen molar-refractivity contribution in [2.45, 2.75) is 24.3 Å². The molecule has 0 unspecified atom stereocenters. The molecule has 0 amide bonds. The number of aromatic amines is 1. The minimum Gasteiger partial charge on any atom is -0.465 e. The maximum atomic E-state index is 11.7. The maximum Gasteiger partial charge on any atom is 0.327 e. The molecule has 1 N–H and O–H groups in total. The number of para-hydroxylation sites is 2. The Morgan fingerprint density at radius 3 is 2.79 bits per heavy atom. The molecule has 0 fully saturated rings. The molecule has 1 aromatic heterocycles. The van der Waals surface area contributed by atoms with Gasteiger partial charge in [0, 0.05) is 0 Å². The van der Waals surface area contributed by atoms with Crippen LogP contribution in [0.2, 0.25) is 0 Å². The van der Waals surface area contributed by atoms with Crippen molar-refractivity contribution in [3.05, 3.63) is 24.3 Å². The van der Waals surface area contributed by atoms with Gasteiger partial charge in [-0.15, -0.1) is 0 Å². The predicted octanol–water partition coefficient (Wildman–Crippen LogP) is 2.18. The van der Waals surface area contributed by atoms with Crippen molar-refractivity contribution in [2.24, 2.45) is 0 Å². The quantitative estimate of drug-likeness (QED) is 0.515. The highest BCUT2D eigenvalue weighted by Gasteiger charge is 2.27. The Balaban J connectivity index is 2.21. The van der Waals surface area contributed by atoms with Gasteiger partial charge < -0.3 is 9.72 Å². The average Bonchev–Trinajstić information content (AvgIpc) is 2.78. The third-order valence-electron chi connectivity index (χ3n) is 2.47. The number of ether oxygens (including phenoxy) is 1. The number of carbonyl (C=O) groups excluding carboxylic acids is 2. The van der Waals surface area contributed by atoms with Crippen LogP contribution in [0.4, 0.5) is 0 Å². The number of ketones is 1. The van der Waals surface area contributed by atoms with Gasteiger partial charge in [-0.3, -0.25) is 9.59 Å². The summed E-state index contributed by atoms with van der Waals surface area (Å²) in [5.74, 6) is -0.774. The van der Waals surface area contributed by atoms with E-state index in [0.29, 0.717) is 5.16 Å². The topological polar surface area (TPSA) is 72.0 Å². The molecule has 0 aliphatic heterocycles. The lowest BCUT2D eigenvalue weighted by Gasteiger charge is -2.09. The number of nitrogens with one attached hydrogen (secondary N) is 1. The maximum absolute atomic E-state index is 11.7. The lowest BCUT2D eigenvalue weighted by Crippen LogP contribution is -2.27. The molecular formula is C13H14N2O3S. The Hall–Kier alpha value is -1.82. The Kier molecular flexibility index (Phi) is 4.21. The summed E-state index contributed by atoms with van der Waals surface area (Å²) < 4.78 is 4.89. The van der Waals surface area contributed by atoms with E-state index in [0.717, 1.165) is 22.8 Å². The van der Waals surface area contributed by atoms with Gasteiger partial charge in [-0.1, -0.05) is 23.9 Å². The molecule has 5 nitrogen and oxygen atoms in total. The first-order valence-corrected chi connectivity index (χ1v) is 6.78. The van der Waals surface area contributed by atoms with Crippen LogP contribution in [0.25, 0.3) is 11.0 Å². The zero-order valence-electron chi connectivity index (χ0n) is 10.7. The molecule has 0 bridgehead atoms. The zero-order chi connectivity index (χ0) is 13.8. The van der Waals surface area contributed by atoms with Gasteiger partial charge in [-0.05, 0) is 26.0 Å². The standard InChI is InChI=1S/C13H14N2O3S/c1-3-18-12(17)11(8(2)16)19-13-14-9-6-4-5-7-10(9)15-13/h4-7,11H,3H2,1-2H3,(H,14,15)/t11-/m0/s1. The molecule has 2 aromatic rings. The highest BCUT2D eigenvalue weighted by Crippen LogP contribution is 2.24. The largest absolute Gasteiger partial charge is 0.465 e. The van der Waals surface area contributed by atoms with Crippen molar-refractivity contribution in [1.82, 2.24) is 9.97 Å². The number of hydrogen-bond acceptors (Lipinski definition) is 5. The number of hydrogen-bond donors (Lipinski definition) is 1. The number of rotatable bonds is 5. The first kappa shape index (κ1) is 13.6. The van der Waals surface area contributed by atoms with Crippen molar-refractivity contribution in [1.29, 1.82) is 0 Å². The lowest BCUT2D eigenvalue weighted by atomic mass is 10.3. The van der Waals surface area contributed by atoms with Gasteiger partial charge in [0.25, 0.3) is 0 Å². The molecule has 0 aliphatic carbocycles. The minimum absolute atomic E-state index is 0.246. The molecule has 1 heterocycles. The highest BCUT2D eigenvalue weighted by molar-refractivity contribution is 8.01. The average molecular weight is 278 g/mol. The molecule has 0 aliphatic rings. The number of imidazole rings is 1. The summed E-state index contributed by atoms with van der Waals surface area (Å²) in [5.41, 5.74) is 1.67. The summed E-state index contributed by atoms with van der Waals surface area (Å²) in [6.07, 6.45) is 0. The van der Waals surface area contributed by atoms with Gasteiger partial charge in [0.05, 0.1) is 17.6 Å². The lowest BCUT2D eigenvalue weighted by molar-refractivity contribution is -0.144. The van der Waals surface area contributed by atoms with E-state index >= 15 is 0 Å². The van der Waals surface area contributed by atoms with Crippen LogP contribution >= 0.6 is 11.8 Å². The molecule has 0 radical (unpaired) electrons. The van der Waals surface area contributed by atoms with Crippen LogP contribution in [-0.4, -0.2) is 33.6 Å². The first-order chi connectivity index (χ1) is 9.11. The number of aromatic nitrogens is 2. The SMILES string of the molecule is CCOC(=O)[C@@H](Sc1nc2ccccc2[nH]1)C(C)=O. The van der Waals surface area contributed by atoms with E-state index in [-0.39, 0.29) is 12.4 Å². The van der Waals surface area contributed by atoms with Crippen LogP contribution in [0.15, 0.2) is 29.4 Å². The molecule has 1 aromatic carbocycles. The third-order valence-corrected chi connectivity index (χ3v) is 3.64. The van der Waals surface area contributed by atoms with E-state index in [1.165, 1.54) is 6.92 Å². The molecule has 1 atom stereocenters. The van der Waals surface area contributed by atoms with Gasteiger partial charge >= 0.3 is 5.97 Å². The van der Waals surface area contributed by atoms with Gasteiger partial charge in [0.1, 0.15) is 0 Å². The van der Waals surface area contributed by atoms with Gasteiger partial charge in [0.15, 0.2) is 16.2 Å². The summed E-state index contributed by atoms with van der Waals surface area (Å²) in [6, 6.07) is 7.52. The fraction of sp³-hybridized carbons (Fsp3) is 0.308. The number of nitrogens with zero attached hydrogens (tertiary/aromatic N) is 1. The Morgan fingerprint density at radius 2 is 2.16 bits per heavy atom. The summed E-state index contributed by atoms with van der Waals surface area (Å²) in [4.78, 5) is 30.6. The van der Waals surface area contributed by atoms with E-state index in [1.54, 1.807) is 6.92 Å². The van der Waals surface area contributed by atoms with Crippen molar-refractivity contribution in [3.63, 3.8) is 0 Å². The number of Topliss-reactive ketones (excluding diaryl/α,β-unsaturated/α-hetero) is 1. The van der Waals surface area contributed by atoms with Gasteiger partial charge in [-0.25, -0.2) is 4.98 Å². The van der Waals surface area contributed by atoms with Crippen molar-refractivity contribution in [3.8, 4) is 0 Å². The van der Waals surface area contributed by atoms with Crippen LogP contribution in [0.1, 0.15) is 13.8 Å². The van der Waals surface area contributed by atoms with Crippen LogP contribution in [0.3, 0.4) is 0 Å². The van der Waals surface area contributed by atoms with Crippen LogP contribution in [0, 0.1) is 0 Å². The van der Waals surface area contributed by atoms with E-state index in [1.807, 2.05) is 24.3 Å². The van der Waals surface area contributed by atoms with Crippen LogP contribution in [0.5, 0.6) is 0 Å². The fourth-order valence-corrected chi connectivity index (χ4v) is 2.49. The second-order valence-corrected chi connectivity index (χ2v) is 5.01. The van der Waals surface area contributed by atoms with Gasteiger partial charge in [-0.2, -0.15) is 0 Å². The molecule has 6 heteroatoms. The smallest absolute Gasteiger partial charge is 0.327 e. The summed E-state index contributed by atoms with van der Waals surface area (Å²) in [7, 11) is 0. The summed E-state index contributed by atoms with van der Waals surface area (Å²) in [6.45, 7) is 3.33. The van der Waals surface area contributed by atoms with E-state index in [9.17, 15) is 9.59 Å². The molecule has 0 saturated carbocycles. The zero-order valence-corrected chi connectivity index (χ0v) is 11.5. The number of H-pyrrole nitrogens is 1. The van der Waals surface area contributed by atoms with Crippen molar-refractivity contribution < 1.29 is 14.3 Å². The molecule has 19 heavy (non-hydrogen) atoms. The Morgan fingerprint density at radius 1 is 1.42 bits per heavy atom. The predicted molar refractivity (Wildman–Crippen MR) is 73.1 cm³/mol. The van der Waals surface area contributed by atoms with E-state index < -0.39 is 11.2 Å². The number of esters is 1. The molecular weight excluding hydrogens is 264 g/mol. The fourth-order valence-electron chi connectivity index (χ4n) is 1.61. The molecule has 100 valence electrons. The summed E-state index contributed by atoms with van der Waals surface area (Å²) >= 11 is 1.08. The second kappa shape index (κ2) is 5.88. The van der Waals surface area contributed by atoms with Crippen molar-refractivity contribution in [2.75, 3.05) is 6.61 Å². The number of thioether (sulfide) groups is 1. The molecule has 0 spiro atoms. The molecule has 0 saturated heterocycles. The second-order valence-electron chi connectivity index (χ2n) is 3.92. The Labute approximate surface area is 114 Å². The van der Waals surface area contributed by atoms with Crippen molar-refractivity contribution >= 4 is 34.5 Å². The van der Waals surface area contributed by atoms with Crippen LogP contribution < -0.4 is 0 Å². The number of fused-ring (bicyclic) bond motifs is 1. The van der Waals surface area contributed by atoms with E-state index in [4.69, 9.17) is 4.74 Å².